The Balaban J connectivity index is 2.22. The Kier molecular flexibility index (Phi) is 7.46. The van der Waals surface area contributed by atoms with Crippen molar-refractivity contribution in [3.63, 3.8) is 0 Å². The van der Waals surface area contributed by atoms with Crippen molar-refractivity contribution in [3.8, 4) is 5.75 Å². The van der Waals surface area contributed by atoms with Gasteiger partial charge < -0.3 is 14.8 Å². The van der Waals surface area contributed by atoms with Crippen molar-refractivity contribution < 1.29 is 9.47 Å². The molecule has 0 saturated heterocycles. The molecule has 3 heteroatoms. The number of nitrogens with one attached hydrogen (secondary N) is 1. The van der Waals surface area contributed by atoms with Crippen LogP contribution >= 0.6 is 0 Å². The van der Waals surface area contributed by atoms with Gasteiger partial charge in [-0.3, -0.25) is 0 Å². The summed E-state index contributed by atoms with van der Waals surface area (Å²) in [6.45, 7) is 7.59. The molecule has 0 amide bonds. The van der Waals surface area contributed by atoms with Crippen molar-refractivity contribution in [2.45, 2.75) is 26.2 Å². The maximum absolute atomic E-state index is 5.65. The number of methoxy groups -OCH3 is 1. The topological polar surface area (TPSA) is 30.5 Å². The summed E-state index contributed by atoms with van der Waals surface area (Å²) in [6.07, 6.45) is 1.17. The summed E-state index contributed by atoms with van der Waals surface area (Å²) >= 11 is 0. The number of ether oxygens (including phenoxy) is 2. The van der Waals surface area contributed by atoms with Crippen LogP contribution in [0.2, 0.25) is 0 Å². The third-order valence-electron chi connectivity index (χ3n) is 3.09. The van der Waals surface area contributed by atoms with Crippen molar-refractivity contribution >= 4 is 0 Å². The largest absolute Gasteiger partial charge is 0.492 e. The first-order valence-electron chi connectivity index (χ1n) is 6.70. The van der Waals surface area contributed by atoms with E-state index in [0.717, 1.165) is 25.4 Å². The second-order valence-corrected chi connectivity index (χ2v) is 4.47. The molecule has 0 radical (unpaired) electrons. The molecule has 1 aromatic carbocycles. The predicted molar refractivity (Wildman–Crippen MR) is 75.4 cm³/mol. The molecule has 3 nitrogen and oxygen atoms in total. The fraction of sp³-hybridized carbons (Fsp3) is 0.600. The zero-order valence-corrected chi connectivity index (χ0v) is 11.7. The summed E-state index contributed by atoms with van der Waals surface area (Å²) in [5.41, 5.74) is 1.38. The molecule has 0 saturated carbocycles. The summed E-state index contributed by atoms with van der Waals surface area (Å²) in [5.74, 6) is 1.56. The van der Waals surface area contributed by atoms with E-state index in [-0.39, 0.29) is 0 Å². The van der Waals surface area contributed by atoms with Crippen LogP contribution in [0.4, 0.5) is 0 Å². The van der Waals surface area contributed by atoms with Crippen molar-refractivity contribution in [1.82, 2.24) is 5.32 Å². The molecule has 1 rings (SSSR count). The van der Waals surface area contributed by atoms with Gasteiger partial charge in [0.2, 0.25) is 0 Å². The summed E-state index contributed by atoms with van der Waals surface area (Å²) in [4.78, 5) is 0. The minimum Gasteiger partial charge on any atom is -0.492 e. The zero-order valence-electron chi connectivity index (χ0n) is 11.7. The van der Waals surface area contributed by atoms with Gasteiger partial charge >= 0.3 is 0 Å². The maximum Gasteiger partial charge on any atom is 0.119 e. The van der Waals surface area contributed by atoms with E-state index in [1.54, 1.807) is 7.11 Å². The molecule has 0 fully saturated rings. The highest BCUT2D eigenvalue weighted by molar-refractivity contribution is 5.29. The van der Waals surface area contributed by atoms with Gasteiger partial charge in [-0.2, -0.15) is 0 Å². The third kappa shape index (κ3) is 5.52. The van der Waals surface area contributed by atoms with E-state index in [2.05, 4.69) is 43.4 Å². The van der Waals surface area contributed by atoms with Crippen LogP contribution < -0.4 is 10.1 Å². The van der Waals surface area contributed by atoms with Crippen molar-refractivity contribution in [3.05, 3.63) is 29.8 Å². The fourth-order valence-corrected chi connectivity index (χ4v) is 1.67. The van der Waals surface area contributed by atoms with Crippen LogP contribution in [0.15, 0.2) is 24.3 Å². The number of hydrogen-bond acceptors (Lipinski definition) is 3. The molecular weight excluding hydrogens is 226 g/mol. The molecule has 0 spiro atoms. The average Bonchev–Trinajstić information content (AvgIpc) is 2.42. The lowest BCUT2D eigenvalue weighted by molar-refractivity contribution is 0.197. The van der Waals surface area contributed by atoms with Gasteiger partial charge in [0.05, 0.1) is 6.61 Å². The van der Waals surface area contributed by atoms with E-state index in [0.29, 0.717) is 12.5 Å². The zero-order chi connectivity index (χ0) is 13.2. The molecular formula is C15H25NO2. The third-order valence-corrected chi connectivity index (χ3v) is 3.09. The molecule has 0 aliphatic rings. The first-order chi connectivity index (χ1) is 8.77. The molecule has 18 heavy (non-hydrogen) atoms. The Morgan fingerprint density at radius 2 is 1.78 bits per heavy atom. The standard InChI is InChI=1S/C15H25NO2/c1-4-13(2)14-5-7-15(8-6-14)18-12-10-16-9-11-17-3/h5-8,13,16H,4,9-12H2,1-3H3. The summed E-state index contributed by atoms with van der Waals surface area (Å²) in [6, 6.07) is 8.41. The monoisotopic (exact) mass is 251 g/mol. The minimum absolute atomic E-state index is 0.620. The highest BCUT2D eigenvalue weighted by atomic mass is 16.5. The summed E-state index contributed by atoms with van der Waals surface area (Å²) in [7, 11) is 1.71. The molecule has 0 aliphatic carbocycles. The number of benzene rings is 1. The normalized spacial score (nSPS) is 12.4. The van der Waals surface area contributed by atoms with Crippen LogP contribution in [0.1, 0.15) is 31.7 Å². The quantitative estimate of drug-likeness (QED) is 0.685. The lowest BCUT2D eigenvalue weighted by Crippen LogP contribution is -2.24. The van der Waals surface area contributed by atoms with Crippen LogP contribution in [0.5, 0.6) is 5.75 Å². The molecule has 0 heterocycles. The summed E-state index contributed by atoms with van der Waals surface area (Å²) < 4.78 is 10.6. The van der Waals surface area contributed by atoms with Crippen LogP contribution in [-0.2, 0) is 4.74 Å². The Bertz CT molecular complexity index is 311. The van der Waals surface area contributed by atoms with Crippen LogP contribution in [0.25, 0.3) is 0 Å². The van der Waals surface area contributed by atoms with Crippen LogP contribution in [-0.4, -0.2) is 33.4 Å². The molecule has 1 N–H and O–H groups in total. The highest BCUT2D eigenvalue weighted by Crippen LogP contribution is 2.21. The van der Waals surface area contributed by atoms with Gasteiger partial charge in [-0.05, 0) is 30.0 Å². The van der Waals surface area contributed by atoms with Crippen molar-refractivity contribution in [2.24, 2.45) is 0 Å². The van der Waals surface area contributed by atoms with Crippen LogP contribution in [0.3, 0.4) is 0 Å². The van der Waals surface area contributed by atoms with Gasteiger partial charge in [-0.25, -0.2) is 0 Å². The van der Waals surface area contributed by atoms with Gasteiger partial charge in [-0.15, -0.1) is 0 Å². The second-order valence-electron chi connectivity index (χ2n) is 4.47. The lowest BCUT2D eigenvalue weighted by atomic mass is 9.99. The number of rotatable bonds is 9. The van der Waals surface area contributed by atoms with Gasteiger partial charge in [0.1, 0.15) is 12.4 Å². The van der Waals surface area contributed by atoms with Gasteiger partial charge in [0, 0.05) is 20.2 Å². The van der Waals surface area contributed by atoms with Crippen LogP contribution in [0, 0.1) is 0 Å². The Morgan fingerprint density at radius 3 is 2.39 bits per heavy atom. The summed E-state index contributed by atoms with van der Waals surface area (Å²) in [5, 5.41) is 3.25. The first-order valence-corrected chi connectivity index (χ1v) is 6.70. The van der Waals surface area contributed by atoms with E-state index >= 15 is 0 Å². The van der Waals surface area contributed by atoms with E-state index in [1.807, 2.05) is 0 Å². The lowest BCUT2D eigenvalue weighted by Gasteiger charge is -2.11. The van der Waals surface area contributed by atoms with Gasteiger partial charge in [0.15, 0.2) is 0 Å². The van der Waals surface area contributed by atoms with E-state index in [1.165, 1.54) is 12.0 Å². The van der Waals surface area contributed by atoms with Gasteiger partial charge in [0.25, 0.3) is 0 Å². The molecule has 102 valence electrons. The fourth-order valence-electron chi connectivity index (χ4n) is 1.67. The molecule has 1 aromatic rings. The van der Waals surface area contributed by atoms with E-state index < -0.39 is 0 Å². The van der Waals surface area contributed by atoms with Crippen molar-refractivity contribution in [1.29, 1.82) is 0 Å². The molecule has 0 bridgehead atoms. The predicted octanol–water partition coefficient (Wildman–Crippen LogP) is 2.81. The number of hydrogen-bond donors (Lipinski definition) is 1. The molecule has 1 atom stereocenters. The van der Waals surface area contributed by atoms with E-state index in [9.17, 15) is 0 Å². The Hall–Kier alpha value is -1.06. The Morgan fingerprint density at radius 1 is 1.11 bits per heavy atom. The second kappa shape index (κ2) is 8.95. The minimum atomic E-state index is 0.620. The average molecular weight is 251 g/mol. The molecule has 1 unspecified atom stereocenters. The maximum atomic E-state index is 5.65. The molecule has 0 aliphatic heterocycles. The highest BCUT2D eigenvalue weighted by Gasteiger charge is 2.02. The van der Waals surface area contributed by atoms with Crippen molar-refractivity contribution in [2.75, 3.05) is 33.4 Å². The smallest absolute Gasteiger partial charge is 0.119 e. The first kappa shape index (κ1) is 15.0. The van der Waals surface area contributed by atoms with E-state index in [4.69, 9.17) is 9.47 Å². The molecule has 0 aromatic heterocycles. The van der Waals surface area contributed by atoms with Gasteiger partial charge in [-0.1, -0.05) is 26.0 Å². The Labute approximate surface area is 110 Å². The SMILES string of the molecule is CCC(C)c1ccc(OCCNCCOC)cc1.